The van der Waals surface area contributed by atoms with Crippen molar-refractivity contribution in [3.63, 3.8) is 0 Å². The first-order valence-corrected chi connectivity index (χ1v) is 8.93. The molecule has 0 bridgehead atoms. The van der Waals surface area contributed by atoms with E-state index in [-0.39, 0.29) is 35.9 Å². The first kappa shape index (κ1) is 23.7. The van der Waals surface area contributed by atoms with Gasteiger partial charge in [-0.1, -0.05) is 44.2 Å². The minimum absolute atomic E-state index is 0. The number of carbonyl (C=O) groups is 1. The molecule has 0 radical (unpaired) electrons. The van der Waals surface area contributed by atoms with Crippen molar-refractivity contribution < 1.29 is 4.79 Å². The van der Waals surface area contributed by atoms with Gasteiger partial charge in [-0.2, -0.15) is 0 Å². The zero-order chi connectivity index (χ0) is 17.8. The van der Waals surface area contributed by atoms with Crippen molar-refractivity contribution in [2.45, 2.75) is 52.5 Å². The fraction of sp³-hybridized carbons (Fsp3) is 0.579. The number of halogens is 1. The monoisotopic (exact) mass is 460 g/mol. The van der Waals surface area contributed by atoms with Crippen LogP contribution in [-0.4, -0.2) is 37.5 Å². The number of rotatable bonds is 9. The highest BCUT2D eigenvalue weighted by Gasteiger charge is 2.07. The number of hydrogen-bond acceptors (Lipinski definition) is 2. The van der Waals surface area contributed by atoms with E-state index < -0.39 is 0 Å². The van der Waals surface area contributed by atoms with E-state index in [1.165, 1.54) is 5.56 Å². The highest BCUT2D eigenvalue weighted by Crippen LogP contribution is 2.14. The number of hydrogen-bond donors (Lipinski definition) is 3. The average Bonchev–Trinajstić information content (AvgIpc) is 2.59. The topological polar surface area (TPSA) is 65.5 Å². The molecule has 2 unspecified atom stereocenters. The largest absolute Gasteiger partial charge is 0.357 e. The molecule has 25 heavy (non-hydrogen) atoms. The molecule has 0 aliphatic rings. The van der Waals surface area contributed by atoms with Crippen molar-refractivity contribution in [1.29, 1.82) is 0 Å². The maximum atomic E-state index is 11.8. The maximum Gasteiger partial charge on any atom is 0.221 e. The highest BCUT2D eigenvalue weighted by molar-refractivity contribution is 14.0. The van der Waals surface area contributed by atoms with Gasteiger partial charge in [-0.15, -0.1) is 24.0 Å². The van der Waals surface area contributed by atoms with E-state index in [0.717, 1.165) is 18.9 Å². The molecule has 0 aliphatic heterocycles. The van der Waals surface area contributed by atoms with Gasteiger partial charge in [0, 0.05) is 38.0 Å². The number of carbonyl (C=O) groups excluding carboxylic acids is 1. The van der Waals surface area contributed by atoms with Gasteiger partial charge in [0.2, 0.25) is 5.91 Å². The summed E-state index contributed by atoms with van der Waals surface area (Å²) < 4.78 is 0. The summed E-state index contributed by atoms with van der Waals surface area (Å²) in [5.41, 5.74) is 1.28. The second-order valence-corrected chi connectivity index (χ2v) is 6.08. The minimum Gasteiger partial charge on any atom is -0.357 e. The number of benzene rings is 1. The van der Waals surface area contributed by atoms with Gasteiger partial charge in [-0.25, -0.2) is 0 Å². The summed E-state index contributed by atoms with van der Waals surface area (Å²) in [6.07, 6.45) is 1.39. The van der Waals surface area contributed by atoms with Crippen LogP contribution >= 0.6 is 24.0 Å². The van der Waals surface area contributed by atoms with E-state index >= 15 is 0 Å². The molecule has 1 aromatic carbocycles. The molecular weight excluding hydrogens is 427 g/mol. The Balaban J connectivity index is 0.00000576. The van der Waals surface area contributed by atoms with Gasteiger partial charge in [-0.05, 0) is 25.8 Å². The van der Waals surface area contributed by atoms with Gasteiger partial charge in [0.25, 0.3) is 0 Å². The molecule has 1 amide bonds. The van der Waals surface area contributed by atoms with Crippen LogP contribution < -0.4 is 16.0 Å². The van der Waals surface area contributed by atoms with Crippen LogP contribution in [0, 0.1) is 0 Å². The number of nitrogens with zero attached hydrogens (tertiary/aromatic N) is 1. The molecule has 0 aromatic heterocycles. The number of nitrogens with one attached hydrogen (secondary N) is 3. The zero-order valence-corrected chi connectivity index (χ0v) is 18.2. The fourth-order valence-electron chi connectivity index (χ4n) is 2.20. The van der Waals surface area contributed by atoms with Crippen LogP contribution in [0.4, 0.5) is 0 Å². The van der Waals surface area contributed by atoms with Crippen molar-refractivity contribution in [2.75, 3.05) is 19.6 Å². The SMILES string of the molecule is CCNC(=NCC(C)c1ccccc1)NCCC(=O)NC(C)CC.I. The molecule has 0 fully saturated rings. The van der Waals surface area contributed by atoms with Crippen LogP contribution in [0.2, 0.25) is 0 Å². The summed E-state index contributed by atoms with van der Waals surface area (Å²) in [5.74, 6) is 1.19. The van der Waals surface area contributed by atoms with E-state index in [1.807, 2.05) is 19.9 Å². The second kappa shape index (κ2) is 13.9. The molecule has 0 saturated carbocycles. The molecule has 0 saturated heterocycles. The highest BCUT2D eigenvalue weighted by atomic mass is 127. The summed E-state index contributed by atoms with van der Waals surface area (Å²) in [5, 5.41) is 9.42. The molecule has 1 rings (SSSR count). The molecule has 6 heteroatoms. The molecule has 2 atom stereocenters. The van der Waals surface area contributed by atoms with Crippen LogP contribution in [0.3, 0.4) is 0 Å². The Kier molecular flexibility index (Phi) is 13.2. The second-order valence-electron chi connectivity index (χ2n) is 6.08. The lowest BCUT2D eigenvalue weighted by atomic mass is 10.0. The van der Waals surface area contributed by atoms with Crippen molar-refractivity contribution >= 4 is 35.8 Å². The third kappa shape index (κ3) is 10.3. The van der Waals surface area contributed by atoms with E-state index in [1.54, 1.807) is 0 Å². The Morgan fingerprint density at radius 2 is 1.80 bits per heavy atom. The molecule has 5 nitrogen and oxygen atoms in total. The van der Waals surface area contributed by atoms with E-state index in [9.17, 15) is 4.79 Å². The van der Waals surface area contributed by atoms with Gasteiger partial charge >= 0.3 is 0 Å². The maximum absolute atomic E-state index is 11.8. The van der Waals surface area contributed by atoms with Crippen molar-refractivity contribution in [1.82, 2.24) is 16.0 Å². The molecular formula is C19H33IN4O. The summed E-state index contributed by atoms with van der Waals surface area (Å²) in [6, 6.07) is 10.6. The van der Waals surface area contributed by atoms with E-state index in [2.05, 4.69) is 59.1 Å². The van der Waals surface area contributed by atoms with E-state index in [0.29, 0.717) is 25.4 Å². The lowest BCUT2D eigenvalue weighted by Gasteiger charge is -2.15. The Hall–Kier alpha value is -1.31. The normalized spacial score (nSPS) is 13.4. The van der Waals surface area contributed by atoms with Gasteiger partial charge in [-0.3, -0.25) is 9.79 Å². The average molecular weight is 460 g/mol. The van der Waals surface area contributed by atoms with Gasteiger partial charge in [0.05, 0.1) is 0 Å². The van der Waals surface area contributed by atoms with Crippen LogP contribution in [0.25, 0.3) is 0 Å². The quantitative estimate of drug-likeness (QED) is 0.301. The smallest absolute Gasteiger partial charge is 0.221 e. The number of guanidine groups is 1. The van der Waals surface area contributed by atoms with Crippen LogP contribution in [-0.2, 0) is 4.79 Å². The lowest BCUT2D eigenvalue weighted by Crippen LogP contribution is -2.40. The molecule has 142 valence electrons. The third-order valence-electron chi connectivity index (χ3n) is 3.90. The standard InChI is InChI=1S/C19H32N4O.HI/c1-5-16(4)23-18(24)12-13-21-19(20-6-2)22-14-15(3)17-10-8-7-9-11-17;/h7-11,15-16H,5-6,12-14H2,1-4H3,(H,23,24)(H2,20,21,22);1H. The van der Waals surface area contributed by atoms with Crippen molar-refractivity contribution in [3.8, 4) is 0 Å². The van der Waals surface area contributed by atoms with Crippen LogP contribution in [0.15, 0.2) is 35.3 Å². The van der Waals surface area contributed by atoms with Gasteiger partial charge in [0.1, 0.15) is 0 Å². The summed E-state index contributed by atoms with van der Waals surface area (Å²) in [4.78, 5) is 16.4. The Labute approximate surface area is 169 Å². The Bertz CT molecular complexity index is 507. The fourth-order valence-corrected chi connectivity index (χ4v) is 2.20. The Morgan fingerprint density at radius 3 is 2.40 bits per heavy atom. The van der Waals surface area contributed by atoms with Gasteiger partial charge in [0.15, 0.2) is 5.96 Å². The molecule has 0 heterocycles. The van der Waals surface area contributed by atoms with Crippen LogP contribution in [0.1, 0.15) is 52.0 Å². The number of aliphatic imine (C=N–C) groups is 1. The van der Waals surface area contributed by atoms with Crippen LogP contribution in [0.5, 0.6) is 0 Å². The minimum atomic E-state index is 0. The lowest BCUT2D eigenvalue weighted by molar-refractivity contribution is -0.121. The summed E-state index contributed by atoms with van der Waals surface area (Å²) in [6.45, 7) is 10.4. The van der Waals surface area contributed by atoms with Crippen molar-refractivity contribution in [3.05, 3.63) is 35.9 Å². The molecule has 1 aromatic rings. The number of amides is 1. The van der Waals surface area contributed by atoms with E-state index in [4.69, 9.17) is 0 Å². The predicted octanol–water partition coefficient (Wildman–Crippen LogP) is 3.27. The summed E-state index contributed by atoms with van der Waals surface area (Å²) >= 11 is 0. The predicted molar refractivity (Wildman–Crippen MR) is 117 cm³/mol. The third-order valence-corrected chi connectivity index (χ3v) is 3.90. The van der Waals surface area contributed by atoms with Crippen molar-refractivity contribution in [2.24, 2.45) is 4.99 Å². The Morgan fingerprint density at radius 1 is 1.12 bits per heavy atom. The first-order valence-electron chi connectivity index (χ1n) is 8.93. The zero-order valence-electron chi connectivity index (χ0n) is 15.8. The molecule has 0 spiro atoms. The molecule has 3 N–H and O–H groups in total. The summed E-state index contributed by atoms with van der Waals surface area (Å²) in [7, 11) is 0. The molecule has 0 aliphatic carbocycles. The first-order chi connectivity index (χ1) is 11.6. The van der Waals surface area contributed by atoms with Gasteiger partial charge < -0.3 is 16.0 Å².